The summed E-state index contributed by atoms with van der Waals surface area (Å²) in [5.74, 6) is -0.131. The number of aryl methyl sites for hydroxylation is 1. The molecule has 0 aliphatic rings. The van der Waals surface area contributed by atoms with Crippen LogP contribution in [0.4, 0.5) is 0 Å². The van der Waals surface area contributed by atoms with E-state index in [0.717, 1.165) is 5.56 Å². The monoisotopic (exact) mass is 442 g/mol. The highest BCUT2D eigenvalue weighted by molar-refractivity contribution is 6.33. The first kappa shape index (κ1) is 22.2. The smallest absolute Gasteiger partial charge is 0.274 e. The van der Waals surface area contributed by atoms with Gasteiger partial charge in [0.2, 0.25) is 0 Å². The molecule has 0 aliphatic carbocycles. The van der Waals surface area contributed by atoms with Crippen LogP contribution in [0.25, 0.3) is 0 Å². The van der Waals surface area contributed by atoms with Crippen molar-refractivity contribution in [3.05, 3.63) is 76.1 Å². The minimum Gasteiger partial charge on any atom is -0.493 e. The lowest BCUT2D eigenvalue weighted by Crippen LogP contribution is -2.41. The van der Waals surface area contributed by atoms with E-state index in [1.54, 1.807) is 23.7 Å². The van der Waals surface area contributed by atoms with E-state index in [1.807, 2.05) is 37.3 Å². The minimum atomic E-state index is -0.562. The number of ether oxygens (including phenoxy) is 2. The quantitative estimate of drug-likeness (QED) is 0.547. The van der Waals surface area contributed by atoms with Crippen LogP contribution in [0, 0.1) is 6.92 Å². The number of amides is 2. The number of carbonyl (C=O) groups excluding carboxylic acids is 2. The van der Waals surface area contributed by atoms with Gasteiger partial charge >= 0.3 is 0 Å². The topological polar surface area (TPSA) is 94.5 Å². The molecule has 0 spiro atoms. The number of aromatic nitrogens is 2. The van der Waals surface area contributed by atoms with Crippen LogP contribution in [0.2, 0.25) is 5.15 Å². The third kappa shape index (κ3) is 5.16. The normalized spacial score (nSPS) is 10.5. The number of hydrogen-bond acceptors (Lipinski definition) is 5. The van der Waals surface area contributed by atoms with Gasteiger partial charge in [-0.2, -0.15) is 5.10 Å². The largest absolute Gasteiger partial charge is 0.493 e. The molecule has 9 heteroatoms. The van der Waals surface area contributed by atoms with Crippen molar-refractivity contribution in [1.29, 1.82) is 0 Å². The van der Waals surface area contributed by atoms with Gasteiger partial charge in [-0.25, -0.2) is 4.68 Å². The van der Waals surface area contributed by atoms with Crippen LogP contribution < -0.4 is 20.3 Å². The van der Waals surface area contributed by atoms with Crippen molar-refractivity contribution in [2.45, 2.75) is 20.4 Å². The first-order valence-electron chi connectivity index (χ1n) is 9.63. The average Bonchev–Trinajstić information content (AvgIpc) is 3.05. The molecule has 0 fully saturated rings. The lowest BCUT2D eigenvalue weighted by molar-refractivity contribution is 0.0846. The van der Waals surface area contributed by atoms with Crippen LogP contribution in [-0.2, 0) is 6.54 Å². The van der Waals surface area contributed by atoms with Crippen molar-refractivity contribution < 1.29 is 19.1 Å². The van der Waals surface area contributed by atoms with Crippen LogP contribution in [0.1, 0.15) is 38.9 Å². The molecule has 2 amide bonds. The van der Waals surface area contributed by atoms with Crippen LogP contribution >= 0.6 is 11.6 Å². The molecule has 0 radical (unpaired) electrons. The number of methoxy groups -OCH3 is 1. The van der Waals surface area contributed by atoms with Crippen molar-refractivity contribution >= 4 is 23.4 Å². The van der Waals surface area contributed by atoms with Crippen molar-refractivity contribution in [3.8, 4) is 11.5 Å². The standard InChI is InChI=1S/C22H23ClN4O4/c1-4-31-17-11-10-16(12-18(17)30-3)21(28)24-25-22(29)19-14(2)26-27(20(19)23)13-15-8-6-5-7-9-15/h5-12H,4,13H2,1-3H3,(H,24,28)(H,25,29). The zero-order chi connectivity index (χ0) is 22.4. The van der Waals surface area contributed by atoms with E-state index in [2.05, 4.69) is 16.0 Å². The molecule has 0 unspecified atom stereocenters. The predicted molar refractivity (Wildman–Crippen MR) is 117 cm³/mol. The molecule has 8 nitrogen and oxygen atoms in total. The van der Waals surface area contributed by atoms with E-state index in [1.165, 1.54) is 13.2 Å². The number of nitrogens with one attached hydrogen (secondary N) is 2. The van der Waals surface area contributed by atoms with Gasteiger partial charge in [0.1, 0.15) is 10.7 Å². The molecule has 31 heavy (non-hydrogen) atoms. The summed E-state index contributed by atoms with van der Waals surface area (Å²) >= 11 is 6.39. The number of benzene rings is 2. The van der Waals surface area contributed by atoms with Gasteiger partial charge in [0.05, 0.1) is 26.0 Å². The van der Waals surface area contributed by atoms with Crippen LogP contribution in [-0.4, -0.2) is 35.3 Å². The summed E-state index contributed by atoms with van der Waals surface area (Å²) in [7, 11) is 1.49. The van der Waals surface area contributed by atoms with Crippen molar-refractivity contribution in [2.75, 3.05) is 13.7 Å². The summed E-state index contributed by atoms with van der Waals surface area (Å²) in [4.78, 5) is 25.1. The summed E-state index contributed by atoms with van der Waals surface area (Å²) in [6.45, 7) is 4.42. The summed E-state index contributed by atoms with van der Waals surface area (Å²) in [6, 6.07) is 14.4. The third-order valence-electron chi connectivity index (χ3n) is 4.48. The summed E-state index contributed by atoms with van der Waals surface area (Å²) in [6.07, 6.45) is 0. The highest BCUT2D eigenvalue weighted by atomic mass is 35.5. The molecule has 2 aromatic carbocycles. The molecule has 0 saturated carbocycles. The van der Waals surface area contributed by atoms with Gasteiger partial charge in [0.25, 0.3) is 11.8 Å². The average molecular weight is 443 g/mol. The maximum atomic E-state index is 12.6. The molecule has 0 aliphatic heterocycles. The zero-order valence-electron chi connectivity index (χ0n) is 17.4. The van der Waals surface area contributed by atoms with Crippen LogP contribution in [0.15, 0.2) is 48.5 Å². The summed E-state index contributed by atoms with van der Waals surface area (Å²) < 4.78 is 12.2. The Balaban J connectivity index is 1.69. The Morgan fingerprint density at radius 3 is 2.45 bits per heavy atom. The molecule has 0 atom stereocenters. The minimum absolute atomic E-state index is 0.191. The second kappa shape index (κ2) is 9.99. The molecular formula is C22H23ClN4O4. The Hall–Kier alpha value is -3.52. The maximum Gasteiger partial charge on any atom is 0.274 e. The fourth-order valence-corrected chi connectivity index (χ4v) is 3.32. The number of hydrogen-bond donors (Lipinski definition) is 2. The van der Waals surface area contributed by atoms with Gasteiger partial charge in [0, 0.05) is 5.56 Å². The van der Waals surface area contributed by atoms with Gasteiger partial charge in [-0.1, -0.05) is 41.9 Å². The molecule has 3 aromatic rings. The van der Waals surface area contributed by atoms with Crippen molar-refractivity contribution in [3.63, 3.8) is 0 Å². The SMILES string of the molecule is CCOc1ccc(C(=O)NNC(=O)c2c(C)nn(Cc3ccccc3)c2Cl)cc1OC. The lowest BCUT2D eigenvalue weighted by Gasteiger charge is -2.11. The van der Waals surface area contributed by atoms with E-state index in [9.17, 15) is 9.59 Å². The summed E-state index contributed by atoms with van der Waals surface area (Å²) in [5, 5.41) is 4.53. The van der Waals surface area contributed by atoms with Gasteiger partial charge in [-0.3, -0.25) is 20.4 Å². The second-order valence-corrected chi connectivity index (χ2v) is 6.96. The van der Waals surface area contributed by atoms with Gasteiger partial charge in [-0.05, 0) is 37.6 Å². The highest BCUT2D eigenvalue weighted by Gasteiger charge is 2.21. The fourth-order valence-electron chi connectivity index (χ4n) is 3.00. The first-order valence-corrected chi connectivity index (χ1v) is 10.0. The van der Waals surface area contributed by atoms with Crippen molar-refractivity contribution in [2.24, 2.45) is 0 Å². The molecule has 0 bridgehead atoms. The molecule has 1 heterocycles. The van der Waals surface area contributed by atoms with E-state index in [-0.39, 0.29) is 10.7 Å². The molecular weight excluding hydrogens is 420 g/mol. The summed E-state index contributed by atoms with van der Waals surface area (Å²) in [5.41, 5.74) is 6.71. The first-order chi connectivity index (χ1) is 14.9. The van der Waals surface area contributed by atoms with Crippen molar-refractivity contribution in [1.82, 2.24) is 20.6 Å². The Morgan fingerprint density at radius 2 is 1.77 bits per heavy atom. The number of halogens is 1. The Labute approximate surface area is 185 Å². The predicted octanol–water partition coefficient (Wildman–Crippen LogP) is 3.38. The molecule has 3 rings (SSSR count). The van der Waals surface area contributed by atoms with Crippen LogP contribution in [0.3, 0.4) is 0 Å². The fraction of sp³-hybridized carbons (Fsp3) is 0.227. The number of nitrogens with zero attached hydrogens (tertiary/aromatic N) is 2. The Morgan fingerprint density at radius 1 is 1.06 bits per heavy atom. The number of hydrazine groups is 1. The highest BCUT2D eigenvalue weighted by Crippen LogP contribution is 2.28. The Bertz CT molecular complexity index is 1080. The van der Waals surface area contributed by atoms with E-state index in [4.69, 9.17) is 21.1 Å². The molecule has 0 saturated heterocycles. The lowest BCUT2D eigenvalue weighted by atomic mass is 10.2. The van der Waals surface area contributed by atoms with Gasteiger partial charge in [0.15, 0.2) is 11.5 Å². The van der Waals surface area contributed by atoms with E-state index in [0.29, 0.717) is 35.9 Å². The van der Waals surface area contributed by atoms with E-state index >= 15 is 0 Å². The van der Waals surface area contributed by atoms with E-state index < -0.39 is 11.8 Å². The second-order valence-electron chi connectivity index (χ2n) is 6.60. The van der Waals surface area contributed by atoms with Gasteiger partial charge in [-0.15, -0.1) is 0 Å². The zero-order valence-corrected chi connectivity index (χ0v) is 18.2. The third-order valence-corrected chi connectivity index (χ3v) is 4.87. The maximum absolute atomic E-state index is 12.6. The number of rotatable bonds is 7. The molecule has 1 aromatic heterocycles. The number of carbonyl (C=O) groups is 2. The Kier molecular flexibility index (Phi) is 7.15. The molecule has 2 N–H and O–H groups in total. The molecule has 162 valence electrons. The van der Waals surface area contributed by atoms with Gasteiger partial charge < -0.3 is 9.47 Å². The van der Waals surface area contributed by atoms with Crippen LogP contribution in [0.5, 0.6) is 11.5 Å².